The Morgan fingerprint density at radius 1 is 1.26 bits per heavy atom. The van der Waals surface area contributed by atoms with Crippen LogP contribution in [0, 0.1) is 5.82 Å². The second kappa shape index (κ2) is 5.84. The lowest BCUT2D eigenvalue weighted by atomic mass is 10.1. The van der Waals surface area contributed by atoms with Crippen molar-refractivity contribution in [2.45, 2.75) is 6.61 Å². The van der Waals surface area contributed by atoms with Gasteiger partial charge in [-0.05, 0) is 40.2 Å². The van der Waals surface area contributed by atoms with Crippen LogP contribution in [-0.2, 0) is 6.61 Å². The van der Waals surface area contributed by atoms with Crippen molar-refractivity contribution in [3.8, 4) is 5.75 Å². The van der Waals surface area contributed by atoms with Crippen molar-refractivity contribution in [2.24, 2.45) is 5.73 Å². The van der Waals surface area contributed by atoms with Crippen LogP contribution in [0.1, 0.15) is 15.9 Å². The molecule has 2 aromatic carbocycles. The highest BCUT2D eigenvalue weighted by molar-refractivity contribution is 9.10. The van der Waals surface area contributed by atoms with Gasteiger partial charge in [-0.15, -0.1) is 0 Å². The molecule has 0 saturated heterocycles. The van der Waals surface area contributed by atoms with E-state index in [4.69, 9.17) is 10.5 Å². The van der Waals surface area contributed by atoms with Gasteiger partial charge in [-0.2, -0.15) is 0 Å². The Bertz CT molecular complexity index is 616. The topological polar surface area (TPSA) is 52.3 Å². The molecule has 0 atom stereocenters. The van der Waals surface area contributed by atoms with E-state index in [-0.39, 0.29) is 12.4 Å². The Balaban J connectivity index is 2.14. The van der Waals surface area contributed by atoms with E-state index in [2.05, 4.69) is 15.9 Å². The van der Waals surface area contributed by atoms with Gasteiger partial charge in [0.1, 0.15) is 18.2 Å². The zero-order valence-electron chi connectivity index (χ0n) is 9.90. The van der Waals surface area contributed by atoms with Crippen molar-refractivity contribution in [3.63, 3.8) is 0 Å². The Morgan fingerprint density at radius 2 is 2.00 bits per heavy atom. The molecule has 0 radical (unpaired) electrons. The molecule has 98 valence electrons. The average Bonchev–Trinajstić information content (AvgIpc) is 2.40. The predicted octanol–water partition coefficient (Wildman–Crippen LogP) is 3.27. The summed E-state index contributed by atoms with van der Waals surface area (Å²) >= 11 is 3.08. The fourth-order valence-corrected chi connectivity index (χ4v) is 1.97. The summed E-state index contributed by atoms with van der Waals surface area (Å²) in [7, 11) is 0. The van der Waals surface area contributed by atoms with Gasteiger partial charge in [-0.3, -0.25) is 4.79 Å². The minimum absolute atomic E-state index is 0.192. The summed E-state index contributed by atoms with van der Waals surface area (Å²) in [6.45, 7) is 0.192. The van der Waals surface area contributed by atoms with E-state index < -0.39 is 5.91 Å². The maximum atomic E-state index is 13.1. The first-order valence-corrected chi connectivity index (χ1v) is 6.33. The lowest BCUT2D eigenvalue weighted by Crippen LogP contribution is -2.14. The van der Waals surface area contributed by atoms with Gasteiger partial charge in [0.05, 0.1) is 4.47 Å². The SMILES string of the molecule is NC(=O)c1ccccc1COc1ccc(F)c(Br)c1. The Labute approximate surface area is 118 Å². The molecule has 19 heavy (non-hydrogen) atoms. The standard InChI is InChI=1S/C14H11BrFNO2/c15-12-7-10(5-6-13(12)16)19-8-9-3-1-2-4-11(9)14(17)18/h1-7H,8H2,(H2,17,18). The number of hydrogen-bond donors (Lipinski definition) is 1. The van der Waals surface area contributed by atoms with Crippen molar-refractivity contribution in [2.75, 3.05) is 0 Å². The van der Waals surface area contributed by atoms with Crippen LogP contribution in [0.3, 0.4) is 0 Å². The molecule has 0 unspecified atom stereocenters. The summed E-state index contributed by atoms with van der Waals surface area (Å²) in [6, 6.07) is 11.3. The van der Waals surface area contributed by atoms with Crippen LogP contribution in [0.5, 0.6) is 5.75 Å². The molecule has 0 fully saturated rings. The summed E-state index contributed by atoms with van der Waals surface area (Å²) in [5, 5.41) is 0. The summed E-state index contributed by atoms with van der Waals surface area (Å²) in [6.07, 6.45) is 0. The summed E-state index contributed by atoms with van der Waals surface area (Å²) in [4.78, 5) is 11.2. The third-order valence-electron chi connectivity index (χ3n) is 2.57. The number of amides is 1. The molecule has 0 heterocycles. The quantitative estimate of drug-likeness (QED) is 0.938. The van der Waals surface area contributed by atoms with Gasteiger partial charge in [0, 0.05) is 11.1 Å². The number of primary amides is 1. The smallest absolute Gasteiger partial charge is 0.249 e. The van der Waals surface area contributed by atoms with Gasteiger partial charge in [-0.1, -0.05) is 18.2 Å². The summed E-state index contributed by atoms with van der Waals surface area (Å²) in [5.74, 6) is -0.350. The first-order chi connectivity index (χ1) is 9.08. The Kier molecular flexibility index (Phi) is 4.16. The van der Waals surface area contributed by atoms with Gasteiger partial charge in [0.25, 0.3) is 0 Å². The maximum absolute atomic E-state index is 13.1. The van der Waals surface area contributed by atoms with Gasteiger partial charge in [-0.25, -0.2) is 4.39 Å². The average molecular weight is 324 g/mol. The number of carbonyl (C=O) groups is 1. The minimum Gasteiger partial charge on any atom is -0.489 e. The van der Waals surface area contributed by atoms with Crippen LogP contribution in [0.25, 0.3) is 0 Å². The molecule has 0 aliphatic heterocycles. The number of nitrogens with two attached hydrogens (primary N) is 1. The van der Waals surface area contributed by atoms with E-state index in [0.717, 1.165) is 0 Å². The maximum Gasteiger partial charge on any atom is 0.249 e. The second-order valence-electron chi connectivity index (χ2n) is 3.89. The van der Waals surface area contributed by atoms with Crippen molar-refractivity contribution < 1.29 is 13.9 Å². The molecule has 1 amide bonds. The van der Waals surface area contributed by atoms with E-state index in [1.165, 1.54) is 18.2 Å². The number of hydrogen-bond acceptors (Lipinski definition) is 2. The molecule has 2 aromatic rings. The zero-order valence-corrected chi connectivity index (χ0v) is 11.5. The predicted molar refractivity (Wildman–Crippen MR) is 73.4 cm³/mol. The molecular formula is C14H11BrFNO2. The van der Waals surface area contributed by atoms with E-state index in [0.29, 0.717) is 21.3 Å². The lowest BCUT2D eigenvalue weighted by Gasteiger charge is -2.09. The molecule has 3 nitrogen and oxygen atoms in total. The van der Waals surface area contributed by atoms with E-state index >= 15 is 0 Å². The van der Waals surface area contributed by atoms with Gasteiger partial charge >= 0.3 is 0 Å². The van der Waals surface area contributed by atoms with Crippen molar-refractivity contribution >= 4 is 21.8 Å². The first kappa shape index (κ1) is 13.5. The molecule has 0 spiro atoms. The van der Waals surface area contributed by atoms with Crippen LogP contribution in [0.2, 0.25) is 0 Å². The fraction of sp³-hybridized carbons (Fsp3) is 0.0714. The molecule has 0 aliphatic carbocycles. The number of carbonyl (C=O) groups excluding carboxylic acids is 1. The van der Waals surface area contributed by atoms with E-state index in [1.54, 1.807) is 24.3 Å². The second-order valence-corrected chi connectivity index (χ2v) is 4.74. The van der Waals surface area contributed by atoms with Crippen LogP contribution in [-0.4, -0.2) is 5.91 Å². The van der Waals surface area contributed by atoms with Crippen molar-refractivity contribution in [1.29, 1.82) is 0 Å². The molecule has 5 heteroatoms. The van der Waals surface area contributed by atoms with Crippen molar-refractivity contribution in [3.05, 3.63) is 63.9 Å². The summed E-state index contributed by atoms with van der Waals surface area (Å²) in [5.41, 5.74) is 6.39. The zero-order chi connectivity index (χ0) is 13.8. The van der Waals surface area contributed by atoms with Crippen LogP contribution < -0.4 is 10.5 Å². The Hall–Kier alpha value is -1.88. The fourth-order valence-electron chi connectivity index (χ4n) is 1.61. The number of ether oxygens (including phenoxy) is 1. The van der Waals surface area contributed by atoms with Crippen LogP contribution in [0.15, 0.2) is 46.9 Å². The third-order valence-corrected chi connectivity index (χ3v) is 3.18. The highest BCUT2D eigenvalue weighted by atomic mass is 79.9. The number of halogens is 2. The van der Waals surface area contributed by atoms with Crippen molar-refractivity contribution in [1.82, 2.24) is 0 Å². The highest BCUT2D eigenvalue weighted by Gasteiger charge is 2.08. The normalized spacial score (nSPS) is 10.2. The van der Waals surface area contributed by atoms with Gasteiger partial charge in [0.15, 0.2) is 0 Å². The minimum atomic E-state index is -0.500. The molecule has 2 rings (SSSR count). The molecular weight excluding hydrogens is 313 g/mol. The molecule has 2 N–H and O–H groups in total. The molecule has 0 aliphatic rings. The number of rotatable bonds is 4. The molecule has 0 bridgehead atoms. The highest BCUT2D eigenvalue weighted by Crippen LogP contribution is 2.22. The largest absolute Gasteiger partial charge is 0.489 e. The van der Waals surface area contributed by atoms with E-state index in [1.807, 2.05) is 0 Å². The van der Waals surface area contributed by atoms with Gasteiger partial charge in [0.2, 0.25) is 5.91 Å². The first-order valence-electron chi connectivity index (χ1n) is 5.53. The summed E-state index contributed by atoms with van der Waals surface area (Å²) < 4.78 is 18.9. The van der Waals surface area contributed by atoms with Gasteiger partial charge < -0.3 is 10.5 Å². The van der Waals surface area contributed by atoms with Crippen LogP contribution in [0.4, 0.5) is 4.39 Å². The lowest BCUT2D eigenvalue weighted by molar-refractivity contribution is 0.0998. The monoisotopic (exact) mass is 323 g/mol. The molecule has 0 aromatic heterocycles. The van der Waals surface area contributed by atoms with Crippen LogP contribution >= 0.6 is 15.9 Å². The third kappa shape index (κ3) is 3.32. The molecule has 0 saturated carbocycles. The Morgan fingerprint density at radius 3 is 2.68 bits per heavy atom. The van der Waals surface area contributed by atoms with E-state index in [9.17, 15) is 9.18 Å². The number of benzene rings is 2.